The van der Waals surface area contributed by atoms with Gasteiger partial charge in [0, 0.05) is 12.2 Å². The number of alkyl halides is 3. The van der Waals surface area contributed by atoms with E-state index in [4.69, 9.17) is 5.73 Å². The quantitative estimate of drug-likeness (QED) is 0.834. The standard InChI is InChI=1S/C10H13F3N2O/c1-2-7(14)9(16,10(11,12)13)8-5-3-4-6-15-8/h3-7,16H,2,14H2,1H3. The fraction of sp³-hybridized carbons (Fsp3) is 0.500. The maximum Gasteiger partial charge on any atom is 0.424 e. The summed E-state index contributed by atoms with van der Waals surface area (Å²) in [4.78, 5) is 3.54. The molecule has 0 aromatic carbocycles. The topological polar surface area (TPSA) is 59.1 Å². The Morgan fingerprint density at radius 2 is 2.06 bits per heavy atom. The van der Waals surface area contributed by atoms with Gasteiger partial charge in [-0.2, -0.15) is 13.2 Å². The highest BCUT2D eigenvalue weighted by molar-refractivity contribution is 5.18. The lowest BCUT2D eigenvalue weighted by molar-refractivity contribution is -0.276. The Morgan fingerprint density at radius 3 is 2.44 bits per heavy atom. The summed E-state index contributed by atoms with van der Waals surface area (Å²) in [7, 11) is 0. The summed E-state index contributed by atoms with van der Waals surface area (Å²) >= 11 is 0. The molecule has 0 saturated carbocycles. The smallest absolute Gasteiger partial charge is 0.374 e. The summed E-state index contributed by atoms with van der Waals surface area (Å²) in [6.07, 6.45) is -3.67. The van der Waals surface area contributed by atoms with Gasteiger partial charge in [0.2, 0.25) is 5.60 Å². The first kappa shape index (κ1) is 12.9. The molecule has 0 aliphatic rings. The molecule has 3 nitrogen and oxygen atoms in total. The molecule has 0 aliphatic carbocycles. The Labute approximate surface area is 91.1 Å². The van der Waals surface area contributed by atoms with Crippen molar-refractivity contribution in [2.24, 2.45) is 5.73 Å². The van der Waals surface area contributed by atoms with Gasteiger partial charge in [-0.1, -0.05) is 13.0 Å². The summed E-state index contributed by atoms with van der Waals surface area (Å²) in [6, 6.07) is 2.52. The number of nitrogens with two attached hydrogens (primary N) is 1. The van der Waals surface area contributed by atoms with Crippen LogP contribution in [0.15, 0.2) is 24.4 Å². The van der Waals surface area contributed by atoms with Crippen molar-refractivity contribution in [1.29, 1.82) is 0 Å². The number of rotatable bonds is 3. The van der Waals surface area contributed by atoms with Crippen LogP contribution in [0.5, 0.6) is 0 Å². The van der Waals surface area contributed by atoms with Gasteiger partial charge >= 0.3 is 6.18 Å². The number of halogens is 3. The first-order chi connectivity index (χ1) is 7.34. The van der Waals surface area contributed by atoms with Crippen molar-refractivity contribution in [3.8, 4) is 0 Å². The summed E-state index contributed by atoms with van der Waals surface area (Å²) in [5, 5.41) is 9.78. The predicted molar refractivity (Wildman–Crippen MR) is 52.5 cm³/mol. The molecule has 2 unspecified atom stereocenters. The first-order valence-electron chi connectivity index (χ1n) is 4.80. The molecule has 0 radical (unpaired) electrons. The molecule has 1 aromatic rings. The summed E-state index contributed by atoms with van der Waals surface area (Å²) in [6.45, 7) is 1.48. The lowest BCUT2D eigenvalue weighted by atomic mass is 9.88. The first-order valence-corrected chi connectivity index (χ1v) is 4.80. The Hall–Kier alpha value is -1.14. The number of hydrogen-bond donors (Lipinski definition) is 2. The maximum absolute atomic E-state index is 12.9. The van der Waals surface area contributed by atoms with Crippen LogP contribution in [-0.2, 0) is 5.60 Å². The van der Waals surface area contributed by atoms with Crippen molar-refractivity contribution in [3.05, 3.63) is 30.1 Å². The molecule has 1 aromatic heterocycles. The molecule has 0 bridgehead atoms. The van der Waals surface area contributed by atoms with Gasteiger partial charge in [-0.3, -0.25) is 4.98 Å². The van der Waals surface area contributed by atoms with Gasteiger partial charge in [-0.15, -0.1) is 0 Å². The molecule has 1 rings (SSSR count). The monoisotopic (exact) mass is 234 g/mol. The van der Waals surface area contributed by atoms with E-state index in [9.17, 15) is 18.3 Å². The third kappa shape index (κ3) is 2.03. The van der Waals surface area contributed by atoms with E-state index in [-0.39, 0.29) is 6.42 Å². The van der Waals surface area contributed by atoms with E-state index >= 15 is 0 Å². The second kappa shape index (κ2) is 4.39. The Balaban J connectivity index is 3.26. The number of aromatic nitrogens is 1. The zero-order valence-electron chi connectivity index (χ0n) is 8.70. The van der Waals surface area contributed by atoms with E-state index in [2.05, 4.69) is 4.98 Å². The average molecular weight is 234 g/mol. The lowest BCUT2D eigenvalue weighted by Gasteiger charge is -2.34. The zero-order chi connectivity index (χ0) is 12.4. The van der Waals surface area contributed by atoms with Crippen LogP contribution in [0, 0.1) is 0 Å². The van der Waals surface area contributed by atoms with Crippen LogP contribution in [0.1, 0.15) is 19.0 Å². The molecule has 0 fully saturated rings. The van der Waals surface area contributed by atoms with Gasteiger partial charge in [0.15, 0.2) is 0 Å². The normalized spacial score (nSPS) is 17.9. The van der Waals surface area contributed by atoms with Crippen molar-refractivity contribution in [2.45, 2.75) is 31.2 Å². The second-order valence-electron chi connectivity index (χ2n) is 3.49. The number of nitrogens with zero attached hydrogens (tertiary/aromatic N) is 1. The third-order valence-electron chi connectivity index (χ3n) is 2.46. The predicted octanol–water partition coefficient (Wildman–Crippen LogP) is 1.57. The highest BCUT2D eigenvalue weighted by Crippen LogP contribution is 2.40. The van der Waals surface area contributed by atoms with Crippen LogP contribution in [0.25, 0.3) is 0 Å². The van der Waals surface area contributed by atoms with Crippen LogP contribution < -0.4 is 5.73 Å². The van der Waals surface area contributed by atoms with Gasteiger partial charge in [-0.25, -0.2) is 0 Å². The molecule has 90 valence electrons. The molecule has 1 heterocycles. The van der Waals surface area contributed by atoms with Crippen LogP contribution in [-0.4, -0.2) is 22.3 Å². The summed E-state index contributed by atoms with van der Waals surface area (Å²) in [5.41, 5.74) is 1.79. The van der Waals surface area contributed by atoms with E-state index in [1.54, 1.807) is 0 Å². The van der Waals surface area contributed by atoms with Crippen molar-refractivity contribution >= 4 is 0 Å². The summed E-state index contributed by atoms with van der Waals surface area (Å²) in [5.74, 6) is 0. The molecule has 2 atom stereocenters. The fourth-order valence-electron chi connectivity index (χ4n) is 1.43. The van der Waals surface area contributed by atoms with E-state index in [1.807, 2.05) is 0 Å². The van der Waals surface area contributed by atoms with E-state index < -0.39 is 23.5 Å². The minimum absolute atomic E-state index is 0.00736. The van der Waals surface area contributed by atoms with Gasteiger partial charge < -0.3 is 10.8 Å². The lowest BCUT2D eigenvalue weighted by Crippen LogP contribution is -2.55. The van der Waals surface area contributed by atoms with Crippen molar-refractivity contribution in [2.75, 3.05) is 0 Å². The highest BCUT2D eigenvalue weighted by atomic mass is 19.4. The highest BCUT2D eigenvalue weighted by Gasteiger charge is 2.59. The molecule has 0 amide bonds. The largest absolute Gasteiger partial charge is 0.424 e. The molecule has 6 heteroatoms. The number of hydrogen-bond acceptors (Lipinski definition) is 3. The van der Waals surface area contributed by atoms with E-state index in [0.717, 1.165) is 6.07 Å². The summed E-state index contributed by atoms with van der Waals surface area (Å²) < 4.78 is 38.6. The fourth-order valence-corrected chi connectivity index (χ4v) is 1.43. The maximum atomic E-state index is 12.9. The molecular formula is C10H13F3N2O. The third-order valence-corrected chi connectivity index (χ3v) is 2.46. The van der Waals surface area contributed by atoms with Crippen molar-refractivity contribution in [1.82, 2.24) is 4.98 Å². The van der Waals surface area contributed by atoms with Crippen LogP contribution in [0.3, 0.4) is 0 Å². The van der Waals surface area contributed by atoms with Crippen molar-refractivity contribution < 1.29 is 18.3 Å². The number of pyridine rings is 1. The van der Waals surface area contributed by atoms with Crippen molar-refractivity contribution in [3.63, 3.8) is 0 Å². The molecule has 16 heavy (non-hydrogen) atoms. The second-order valence-corrected chi connectivity index (χ2v) is 3.49. The average Bonchev–Trinajstić information content (AvgIpc) is 2.26. The molecule has 0 aliphatic heterocycles. The van der Waals surface area contributed by atoms with Gasteiger partial charge in [0.05, 0.1) is 5.69 Å². The number of aliphatic hydroxyl groups is 1. The van der Waals surface area contributed by atoms with Crippen LogP contribution in [0.4, 0.5) is 13.2 Å². The van der Waals surface area contributed by atoms with Gasteiger partial charge in [0.1, 0.15) is 0 Å². The Bertz CT molecular complexity index is 342. The SMILES string of the molecule is CCC(N)C(O)(c1ccccn1)C(F)(F)F. The molecular weight excluding hydrogens is 221 g/mol. The van der Waals surface area contributed by atoms with Gasteiger partial charge in [-0.05, 0) is 18.6 Å². The minimum atomic E-state index is -4.85. The van der Waals surface area contributed by atoms with E-state index in [0.29, 0.717) is 0 Å². The van der Waals surface area contributed by atoms with Crippen LogP contribution >= 0.6 is 0 Å². The zero-order valence-corrected chi connectivity index (χ0v) is 8.70. The van der Waals surface area contributed by atoms with Crippen LogP contribution in [0.2, 0.25) is 0 Å². The van der Waals surface area contributed by atoms with Gasteiger partial charge in [0.25, 0.3) is 0 Å². The minimum Gasteiger partial charge on any atom is -0.374 e. The van der Waals surface area contributed by atoms with E-state index in [1.165, 1.54) is 25.3 Å². The molecule has 0 saturated heterocycles. The molecule has 0 spiro atoms. The Kier molecular flexibility index (Phi) is 3.54. The molecule has 3 N–H and O–H groups in total. The Morgan fingerprint density at radius 1 is 1.44 bits per heavy atom.